The van der Waals surface area contributed by atoms with Crippen molar-refractivity contribution in [1.29, 1.82) is 0 Å². The zero-order valence-electron chi connectivity index (χ0n) is 9.48. The fraction of sp³-hybridized carbons (Fsp3) is 0.500. The Hall–Kier alpha value is -0.970. The van der Waals surface area contributed by atoms with Gasteiger partial charge in [0.2, 0.25) is 0 Å². The van der Waals surface area contributed by atoms with Crippen molar-refractivity contribution in [3.63, 3.8) is 0 Å². The van der Waals surface area contributed by atoms with Crippen molar-refractivity contribution >= 4 is 12.4 Å². The number of halogens is 1. The van der Waals surface area contributed by atoms with E-state index in [0.717, 1.165) is 30.2 Å². The number of hydrogen-bond acceptors (Lipinski definition) is 4. The monoisotopic (exact) mass is 257 g/mol. The quantitative estimate of drug-likeness (QED) is 0.829. The maximum Gasteiger partial charge on any atom is 0.166 e. The van der Waals surface area contributed by atoms with E-state index in [0.29, 0.717) is 19.8 Å². The summed E-state index contributed by atoms with van der Waals surface area (Å²) < 4.78 is 16.7. The minimum absolute atomic E-state index is 0. The lowest BCUT2D eigenvalue weighted by atomic mass is 10.0. The van der Waals surface area contributed by atoms with Gasteiger partial charge in [0.1, 0.15) is 13.2 Å². The van der Waals surface area contributed by atoms with E-state index < -0.39 is 0 Å². The molecule has 1 N–H and O–H groups in total. The summed E-state index contributed by atoms with van der Waals surface area (Å²) in [6, 6.07) is 6.23. The van der Waals surface area contributed by atoms with Gasteiger partial charge in [0.05, 0.1) is 19.3 Å². The topological polar surface area (TPSA) is 39.7 Å². The molecular weight excluding hydrogens is 242 g/mol. The predicted molar refractivity (Wildman–Crippen MR) is 66.2 cm³/mol. The SMILES string of the molecule is Cl.c1cc2c(c([C@H]3COCCN3)c1)OCCO2. The summed E-state index contributed by atoms with van der Waals surface area (Å²) in [5.41, 5.74) is 1.14. The van der Waals surface area contributed by atoms with Gasteiger partial charge in [0, 0.05) is 12.1 Å². The summed E-state index contributed by atoms with van der Waals surface area (Å²) in [4.78, 5) is 0. The van der Waals surface area contributed by atoms with Crippen LogP contribution in [-0.4, -0.2) is 33.0 Å². The first-order valence-electron chi connectivity index (χ1n) is 5.65. The third-order valence-electron chi connectivity index (χ3n) is 2.89. The first-order valence-corrected chi connectivity index (χ1v) is 5.65. The number of nitrogens with one attached hydrogen (secondary N) is 1. The summed E-state index contributed by atoms with van der Waals surface area (Å²) in [5, 5.41) is 3.42. The Balaban J connectivity index is 0.00000108. The second kappa shape index (κ2) is 5.58. The zero-order valence-corrected chi connectivity index (χ0v) is 10.3. The average molecular weight is 258 g/mol. The molecule has 4 nitrogen and oxygen atoms in total. The third kappa shape index (κ3) is 2.49. The molecule has 2 aliphatic rings. The van der Waals surface area contributed by atoms with E-state index in [1.807, 2.05) is 12.1 Å². The van der Waals surface area contributed by atoms with Crippen molar-refractivity contribution in [1.82, 2.24) is 5.32 Å². The number of fused-ring (bicyclic) bond motifs is 1. The van der Waals surface area contributed by atoms with Crippen molar-refractivity contribution < 1.29 is 14.2 Å². The molecule has 0 spiro atoms. The van der Waals surface area contributed by atoms with Crippen LogP contribution in [0.25, 0.3) is 0 Å². The summed E-state index contributed by atoms with van der Waals surface area (Å²) in [5.74, 6) is 1.72. The molecule has 0 saturated carbocycles. The predicted octanol–water partition coefficient (Wildman–Crippen LogP) is 1.54. The van der Waals surface area contributed by atoms with Crippen LogP contribution < -0.4 is 14.8 Å². The molecule has 3 rings (SSSR count). The Labute approximate surface area is 107 Å². The van der Waals surface area contributed by atoms with E-state index in [1.54, 1.807) is 0 Å². The summed E-state index contributed by atoms with van der Waals surface area (Å²) in [6.07, 6.45) is 0. The van der Waals surface area contributed by atoms with Crippen LogP contribution in [0.2, 0.25) is 0 Å². The van der Waals surface area contributed by atoms with Gasteiger partial charge in [0.25, 0.3) is 0 Å². The highest BCUT2D eigenvalue weighted by Gasteiger charge is 2.23. The van der Waals surface area contributed by atoms with E-state index in [9.17, 15) is 0 Å². The van der Waals surface area contributed by atoms with Crippen LogP contribution in [-0.2, 0) is 4.74 Å². The average Bonchev–Trinajstić information content (AvgIpc) is 2.39. The smallest absolute Gasteiger partial charge is 0.166 e. The second-order valence-electron chi connectivity index (χ2n) is 3.95. The molecule has 0 amide bonds. The molecule has 94 valence electrons. The molecule has 0 unspecified atom stereocenters. The fourth-order valence-corrected chi connectivity index (χ4v) is 2.14. The van der Waals surface area contributed by atoms with Gasteiger partial charge >= 0.3 is 0 Å². The molecule has 2 heterocycles. The number of hydrogen-bond donors (Lipinski definition) is 1. The molecule has 0 bridgehead atoms. The zero-order chi connectivity index (χ0) is 10.8. The molecule has 2 aliphatic heterocycles. The maximum atomic E-state index is 5.69. The van der Waals surface area contributed by atoms with Crippen LogP contribution in [0, 0.1) is 0 Å². The highest BCUT2D eigenvalue weighted by atomic mass is 35.5. The Morgan fingerprint density at radius 2 is 2.00 bits per heavy atom. The van der Waals surface area contributed by atoms with Gasteiger partial charge < -0.3 is 19.5 Å². The lowest BCUT2D eigenvalue weighted by Gasteiger charge is -2.28. The highest BCUT2D eigenvalue weighted by Crippen LogP contribution is 2.37. The van der Waals surface area contributed by atoms with Gasteiger partial charge in [-0.2, -0.15) is 0 Å². The van der Waals surface area contributed by atoms with Gasteiger partial charge in [-0.3, -0.25) is 0 Å². The molecule has 1 fully saturated rings. The normalized spacial score (nSPS) is 22.7. The van der Waals surface area contributed by atoms with E-state index in [-0.39, 0.29) is 18.4 Å². The Morgan fingerprint density at radius 3 is 2.82 bits per heavy atom. The summed E-state index contributed by atoms with van der Waals surface area (Å²) >= 11 is 0. The molecule has 5 heteroatoms. The van der Waals surface area contributed by atoms with E-state index in [1.165, 1.54) is 0 Å². The lowest BCUT2D eigenvalue weighted by Crippen LogP contribution is -2.35. The van der Waals surface area contributed by atoms with Crippen LogP contribution in [0.5, 0.6) is 11.5 Å². The van der Waals surface area contributed by atoms with Crippen molar-refractivity contribution in [3.05, 3.63) is 23.8 Å². The standard InChI is InChI=1S/C12H15NO3.ClH/c1-2-9(10-8-14-5-4-13-10)12-11(3-1)15-6-7-16-12;/h1-3,10,13H,4-8H2;1H/t10-;/m1./s1. The maximum absolute atomic E-state index is 5.69. The van der Waals surface area contributed by atoms with Crippen molar-refractivity contribution in [2.45, 2.75) is 6.04 Å². The number of para-hydroxylation sites is 1. The molecule has 1 aromatic carbocycles. The van der Waals surface area contributed by atoms with Gasteiger partial charge in [0.15, 0.2) is 11.5 Å². The largest absolute Gasteiger partial charge is 0.486 e. The molecule has 1 atom stereocenters. The van der Waals surface area contributed by atoms with E-state index >= 15 is 0 Å². The van der Waals surface area contributed by atoms with Crippen LogP contribution in [0.4, 0.5) is 0 Å². The third-order valence-corrected chi connectivity index (χ3v) is 2.89. The van der Waals surface area contributed by atoms with Gasteiger partial charge in [-0.1, -0.05) is 12.1 Å². The van der Waals surface area contributed by atoms with Crippen LogP contribution in [0.15, 0.2) is 18.2 Å². The van der Waals surface area contributed by atoms with Crippen molar-refractivity contribution in [3.8, 4) is 11.5 Å². The number of rotatable bonds is 1. The molecule has 0 aliphatic carbocycles. The first-order chi connectivity index (χ1) is 7.95. The number of ether oxygens (including phenoxy) is 3. The van der Waals surface area contributed by atoms with E-state index in [2.05, 4.69) is 11.4 Å². The second-order valence-corrected chi connectivity index (χ2v) is 3.95. The van der Waals surface area contributed by atoms with Crippen molar-refractivity contribution in [2.24, 2.45) is 0 Å². The Morgan fingerprint density at radius 1 is 1.12 bits per heavy atom. The van der Waals surface area contributed by atoms with Crippen LogP contribution in [0.1, 0.15) is 11.6 Å². The summed E-state index contributed by atoms with van der Waals surface area (Å²) in [7, 11) is 0. The molecular formula is C12H16ClNO3. The molecule has 1 saturated heterocycles. The van der Waals surface area contributed by atoms with Crippen LogP contribution >= 0.6 is 12.4 Å². The lowest BCUT2D eigenvalue weighted by molar-refractivity contribution is 0.0745. The molecule has 17 heavy (non-hydrogen) atoms. The van der Waals surface area contributed by atoms with Crippen LogP contribution in [0.3, 0.4) is 0 Å². The van der Waals surface area contributed by atoms with Gasteiger partial charge in [-0.05, 0) is 6.07 Å². The van der Waals surface area contributed by atoms with Gasteiger partial charge in [-0.15, -0.1) is 12.4 Å². The highest BCUT2D eigenvalue weighted by molar-refractivity contribution is 5.85. The summed E-state index contributed by atoms with van der Waals surface area (Å²) in [6.45, 7) is 3.61. The minimum Gasteiger partial charge on any atom is -0.486 e. The fourth-order valence-electron chi connectivity index (χ4n) is 2.14. The van der Waals surface area contributed by atoms with Gasteiger partial charge in [-0.25, -0.2) is 0 Å². The molecule has 0 radical (unpaired) electrons. The number of morpholine rings is 1. The molecule has 0 aromatic heterocycles. The first kappa shape index (κ1) is 12.5. The van der Waals surface area contributed by atoms with Crippen molar-refractivity contribution in [2.75, 3.05) is 33.0 Å². The minimum atomic E-state index is 0. The number of benzene rings is 1. The molecule has 1 aromatic rings. The Kier molecular flexibility index (Phi) is 4.10. The Bertz CT molecular complexity index is 380. The van der Waals surface area contributed by atoms with E-state index in [4.69, 9.17) is 14.2 Å².